The van der Waals surface area contributed by atoms with E-state index in [2.05, 4.69) is 4.72 Å². The van der Waals surface area contributed by atoms with Gasteiger partial charge in [-0.05, 0) is 91.0 Å². The molecule has 15 heteroatoms. The van der Waals surface area contributed by atoms with Gasteiger partial charge in [0.2, 0.25) is 15.9 Å². The standard InChI is InChI=1S/C35H39ClF2N2O4S.C2HF3O2/c36-30-15-11-26(12-16-30)25-9-13-29(14-10-25)35(37,38)33(34(41)40-21-27-7-4-8-28(27)22-40)39-45(42,43)32-19-17-31(18-20-32)44-23-24-5-2-1-3-6-24;3-2(4,5)1(6)7/h9-20,24,27-28,33,39H,1-8,21-23H2;(H,6,7)/t27-,28+,33-;/m0./s1. The first kappa shape index (κ1) is 39.5. The first-order valence-corrected chi connectivity index (χ1v) is 19.0. The normalized spacial score (nSPS) is 20.1. The first-order valence-electron chi connectivity index (χ1n) is 17.1. The van der Waals surface area contributed by atoms with Crippen LogP contribution in [0.1, 0.15) is 56.9 Å². The van der Waals surface area contributed by atoms with Crippen molar-refractivity contribution in [2.75, 3.05) is 19.7 Å². The fourth-order valence-electron chi connectivity index (χ4n) is 7.08. The number of hydrogen-bond donors (Lipinski definition) is 2. The van der Waals surface area contributed by atoms with E-state index < -0.39 is 45.6 Å². The minimum absolute atomic E-state index is 0.211. The summed E-state index contributed by atoms with van der Waals surface area (Å²) in [5, 5.41) is 7.68. The number of carboxylic acids is 1. The Morgan fingerprint density at radius 2 is 1.33 bits per heavy atom. The number of rotatable bonds is 10. The van der Waals surface area contributed by atoms with Crippen molar-refractivity contribution in [2.24, 2.45) is 17.8 Å². The molecule has 0 unspecified atom stereocenters. The minimum atomic E-state index is -5.08. The van der Waals surface area contributed by atoms with Gasteiger partial charge in [0.15, 0.2) is 6.04 Å². The van der Waals surface area contributed by atoms with Crippen molar-refractivity contribution < 1.29 is 49.8 Å². The van der Waals surface area contributed by atoms with Crippen LogP contribution in [0.5, 0.6) is 5.75 Å². The molecule has 3 aromatic rings. The van der Waals surface area contributed by atoms with Crippen LogP contribution in [-0.4, -0.2) is 62.2 Å². The molecule has 0 bridgehead atoms. The van der Waals surface area contributed by atoms with Gasteiger partial charge >= 0.3 is 12.1 Å². The largest absolute Gasteiger partial charge is 0.493 e. The zero-order valence-electron chi connectivity index (χ0n) is 28.1. The summed E-state index contributed by atoms with van der Waals surface area (Å²) in [6.45, 7) is 1.28. The number of ether oxygens (including phenoxy) is 1. The summed E-state index contributed by atoms with van der Waals surface area (Å²) in [5.74, 6) is -5.98. The smallest absolute Gasteiger partial charge is 0.490 e. The summed E-state index contributed by atoms with van der Waals surface area (Å²) < 4.78 is 99.6. The Bertz CT molecular complexity index is 1770. The zero-order valence-corrected chi connectivity index (χ0v) is 29.7. The summed E-state index contributed by atoms with van der Waals surface area (Å²) in [6, 6.07) is 16.0. The van der Waals surface area contributed by atoms with Crippen LogP contribution in [-0.2, 0) is 25.5 Å². The van der Waals surface area contributed by atoms with Gasteiger partial charge in [-0.25, -0.2) is 13.2 Å². The van der Waals surface area contributed by atoms with Crippen LogP contribution in [0.25, 0.3) is 11.1 Å². The molecule has 1 amide bonds. The molecule has 2 N–H and O–H groups in total. The molecular weight excluding hydrogens is 731 g/mol. The van der Waals surface area contributed by atoms with Gasteiger partial charge < -0.3 is 14.7 Å². The van der Waals surface area contributed by atoms with Crippen LogP contribution in [0.4, 0.5) is 22.0 Å². The number of hydrogen-bond acceptors (Lipinski definition) is 5. The number of aliphatic carboxylic acids is 1. The van der Waals surface area contributed by atoms with E-state index in [0.717, 1.165) is 37.7 Å². The summed E-state index contributed by atoms with van der Waals surface area (Å²) in [7, 11) is -4.50. The second-order valence-corrected chi connectivity index (χ2v) is 15.7. The van der Waals surface area contributed by atoms with Gasteiger partial charge in [0.25, 0.3) is 5.92 Å². The van der Waals surface area contributed by atoms with E-state index in [0.29, 0.717) is 41.9 Å². The third-order valence-corrected chi connectivity index (χ3v) is 11.6. The number of amides is 1. The van der Waals surface area contributed by atoms with Crippen molar-refractivity contribution in [1.29, 1.82) is 0 Å². The average molecular weight is 771 g/mol. The van der Waals surface area contributed by atoms with E-state index in [-0.39, 0.29) is 16.7 Å². The maximum Gasteiger partial charge on any atom is 0.490 e. The van der Waals surface area contributed by atoms with E-state index >= 15 is 8.78 Å². The number of nitrogens with zero attached hydrogens (tertiary/aromatic N) is 1. The Kier molecular flexibility index (Phi) is 12.5. The molecule has 0 spiro atoms. The lowest BCUT2D eigenvalue weighted by Gasteiger charge is -2.31. The van der Waals surface area contributed by atoms with E-state index in [4.69, 9.17) is 26.2 Å². The predicted molar refractivity (Wildman–Crippen MR) is 185 cm³/mol. The molecule has 2 aliphatic carbocycles. The molecule has 0 radical (unpaired) electrons. The van der Waals surface area contributed by atoms with Crippen LogP contribution in [0.2, 0.25) is 5.02 Å². The van der Waals surface area contributed by atoms with Gasteiger partial charge in [-0.1, -0.05) is 73.7 Å². The molecule has 3 aromatic carbocycles. The third kappa shape index (κ3) is 9.81. The van der Waals surface area contributed by atoms with Gasteiger partial charge in [-0.2, -0.15) is 26.7 Å². The second-order valence-electron chi connectivity index (χ2n) is 13.5. The van der Waals surface area contributed by atoms with Crippen molar-refractivity contribution in [3.8, 4) is 16.9 Å². The summed E-state index contributed by atoms with van der Waals surface area (Å²) in [5.41, 5.74) is 1.03. The highest BCUT2D eigenvalue weighted by Gasteiger charge is 2.51. The number of likely N-dealkylation sites (tertiary alicyclic amines) is 1. The van der Waals surface area contributed by atoms with Crippen LogP contribution in [0, 0.1) is 17.8 Å². The lowest BCUT2D eigenvalue weighted by Crippen LogP contribution is -2.56. The molecule has 2 saturated carbocycles. The Hall–Kier alpha value is -3.75. The molecule has 1 aliphatic heterocycles. The van der Waals surface area contributed by atoms with Crippen LogP contribution in [0.3, 0.4) is 0 Å². The van der Waals surface area contributed by atoms with E-state index in [1.807, 2.05) is 0 Å². The van der Waals surface area contributed by atoms with E-state index in [9.17, 15) is 26.4 Å². The van der Waals surface area contributed by atoms with Gasteiger partial charge in [-0.3, -0.25) is 4.79 Å². The monoisotopic (exact) mass is 770 g/mol. The number of carbonyl (C=O) groups is 2. The zero-order chi connectivity index (χ0) is 37.7. The molecule has 1 saturated heterocycles. The predicted octanol–water partition coefficient (Wildman–Crippen LogP) is 8.30. The topological polar surface area (TPSA) is 113 Å². The first-order chi connectivity index (χ1) is 24.5. The summed E-state index contributed by atoms with van der Waals surface area (Å²) >= 11 is 5.98. The quantitative estimate of drug-likeness (QED) is 0.201. The SMILES string of the molecule is O=C(O)C(F)(F)F.O=C([C@H](NS(=O)(=O)c1ccc(OCC2CCCCC2)cc1)C(F)(F)c1ccc(-c2ccc(Cl)cc2)cc1)N1C[C@H]2CCC[C@H]2C1. The van der Waals surface area contributed by atoms with Gasteiger partial charge in [-0.15, -0.1) is 0 Å². The maximum atomic E-state index is 16.4. The van der Waals surface area contributed by atoms with Crippen molar-refractivity contribution in [3.63, 3.8) is 0 Å². The lowest BCUT2D eigenvalue weighted by atomic mass is 9.90. The number of sulfonamides is 1. The molecule has 0 aromatic heterocycles. The molecule has 1 heterocycles. The number of alkyl halides is 5. The Morgan fingerprint density at radius 3 is 1.85 bits per heavy atom. The van der Waals surface area contributed by atoms with Crippen LogP contribution < -0.4 is 9.46 Å². The lowest BCUT2D eigenvalue weighted by molar-refractivity contribution is -0.192. The van der Waals surface area contributed by atoms with Crippen LogP contribution in [0.15, 0.2) is 77.7 Å². The molecule has 282 valence electrons. The number of fused-ring (bicyclic) bond motifs is 1. The van der Waals surface area contributed by atoms with Crippen molar-refractivity contribution in [1.82, 2.24) is 9.62 Å². The van der Waals surface area contributed by atoms with Gasteiger partial charge in [0.05, 0.1) is 11.5 Å². The maximum absolute atomic E-state index is 16.4. The number of carboxylic acid groups (broad SMARTS) is 1. The average Bonchev–Trinajstić information content (AvgIpc) is 3.74. The third-order valence-electron chi connectivity index (χ3n) is 9.95. The molecule has 8 nitrogen and oxygen atoms in total. The van der Waals surface area contributed by atoms with Gasteiger partial charge in [0.1, 0.15) is 5.75 Å². The van der Waals surface area contributed by atoms with Crippen LogP contribution >= 0.6 is 11.6 Å². The van der Waals surface area contributed by atoms with E-state index in [1.54, 1.807) is 24.3 Å². The van der Waals surface area contributed by atoms with Crippen molar-refractivity contribution in [2.45, 2.75) is 74.4 Å². The van der Waals surface area contributed by atoms with E-state index in [1.165, 1.54) is 72.7 Å². The Morgan fingerprint density at radius 1 is 0.808 bits per heavy atom. The highest BCUT2D eigenvalue weighted by atomic mass is 35.5. The molecule has 6 rings (SSSR count). The second kappa shape index (κ2) is 16.5. The summed E-state index contributed by atoms with van der Waals surface area (Å²) in [4.78, 5) is 23.9. The van der Waals surface area contributed by atoms with Crippen molar-refractivity contribution in [3.05, 3.63) is 83.4 Å². The molecule has 3 atom stereocenters. The molecule has 3 fully saturated rings. The van der Waals surface area contributed by atoms with Gasteiger partial charge in [0, 0.05) is 23.7 Å². The number of carbonyl (C=O) groups excluding carboxylic acids is 1. The number of nitrogens with one attached hydrogen (secondary N) is 1. The highest BCUT2D eigenvalue weighted by Crippen LogP contribution is 2.40. The highest BCUT2D eigenvalue weighted by molar-refractivity contribution is 7.89. The number of halogens is 6. The number of benzene rings is 3. The van der Waals surface area contributed by atoms with Crippen molar-refractivity contribution >= 4 is 33.5 Å². The molecule has 3 aliphatic rings. The minimum Gasteiger partial charge on any atom is -0.493 e. The molecular formula is C37H40ClF5N2O6S. The Labute approximate surface area is 304 Å². The fourth-order valence-corrected chi connectivity index (χ4v) is 8.39. The molecule has 52 heavy (non-hydrogen) atoms. The Balaban J connectivity index is 0.000000679. The summed E-state index contributed by atoms with van der Waals surface area (Å²) in [6.07, 6.45) is 3.71. The fraction of sp³-hybridized carbons (Fsp3) is 0.459.